The zero-order chi connectivity index (χ0) is 12.7. The lowest BCUT2D eigenvalue weighted by Gasteiger charge is -2.22. The number of methoxy groups -OCH3 is 1. The second-order valence-corrected chi connectivity index (χ2v) is 4.66. The Morgan fingerprint density at radius 2 is 2.00 bits per heavy atom. The quantitative estimate of drug-likeness (QED) is 0.709. The second-order valence-electron chi connectivity index (χ2n) is 4.66. The standard InChI is InChI=1S/C13H23NO3/c1-13(2,15-4)7-8-16-10-12-6-5-11(17-12)9-14-3/h5-6,14H,7-10H2,1-4H3. The van der Waals surface area contributed by atoms with Gasteiger partial charge in [0.05, 0.1) is 12.1 Å². The number of hydrogen-bond donors (Lipinski definition) is 1. The van der Waals surface area contributed by atoms with Crippen molar-refractivity contribution in [3.63, 3.8) is 0 Å². The molecule has 0 saturated carbocycles. The summed E-state index contributed by atoms with van der Waals surface area (Å²) in [7, 11) is 3.61. The van der Waals surface area contributed by atoms with E-state index in [1.807, 2.05) is 33.0 Å². The minimum Gasteiger partial charge on any atom is -0.462 e. The number of ether oxygens (including phenoxy) is 2. The highest BCUT2D eigenvalue weighted by molar-refractivity contribution is 5.06. The first kappa shape index (κ1) is 14.2. The summed E-state index contributed by atoms with van der Waals surface area (Å²) in [4.78, 5) is 0. The third-order valence-electron chi connectivity index (χ3n) is 2.71. The fourth-order valence-electron chi connectivity index (χ4n) is 1.36. The van der Waals surface area contributed by atoms with Crippen LogP contribution in [0.4, 0.5) is 0 Å². The van der Waals surface area contributed by atoms with Crippen LogP contribution in [0.25, 0.3) is 0 Å². The number of hydrogen-bond acceptors (Lipinski definition) is 4. The van der Waals surface area contributed by atoms with Crippen LogP contribution >= 0.6 is 0 Å². The van der Waals surface area contributed by atoms with Crippen LogP contribution in [0.2, 0.25) is 0 Å². The average Bonchev–Trinajstić information content (AvgIpc) is 2.73. The molecular formula is C13H23NO3. The van der Waals surface area contributed by atoms with Gasteiger partial charge in [0.2, 0.25) is 0 Å². The Kier molecular flexibility index (Phi) is 5.68. The van der Waals surface area contributed by atoms with Crippen LogP contribution in [0.5, 0.6) is 0 Å². The van der Waals surface area contributed by atoms with Gasteiger partial charge in [-0.2, -0.15) is 0 Å². The Labute approximate surface area is 103 Å². The molecule has 1 N–H and O–H groups in total. The molecule has 0 radical (unpaired) electrons. The summed E-state index contributed by atoms with van der Waals surface area (Å²) in [6.07, 6.45) is 0.869. The predicted molar refractivity (Wildman–Crippen MR) is 66.8 cm³/mol. The molecule has 0 aliphatic rings. The lowest BCUT2D eigenvalue weighted by Crippen LogP contribution is -2.24. The molecule has 4 nitrogen and oxygen atoms in total. The van der Waals surface area contributed by atoms with Crippen LogP contribution in [0.15, 0.2) is 16.5 Å². The third-order valence-corrected chi connectivity index (χ3v) is 2.71. The number of rotatable bonds is 8. The molecule has 98 valence electrons. The van der Waals surface area contributed by atoms with Gasteiger partial charge in [-0.1, -0.05) is 0 Å². The SMILES string of the molecule is CNCc1ccc(COCCC(C)(C)OC)o1. The van der Waals surface area contributed by atoms with Crippen molar-refractivity contribution in [2.75, 3.05) is 20.8 Å². The predicted octanol–water partition coefficient (Wildman–Crippen LogP) is 2.33. The van der Waals surface area contributed by atoms with E-state index < -0.39 is 0 Å². The molecule has 0 fully saturated rings. The van der Waals surface area contributed by atoms with Gasteiger partial charge in [-0.05, 0) is 39.4 Å². The maximum absolute atomic E-state index is 5.56. The molecule has 4 heteroatoms. The smallest absolute Gasteiger partial charge is 0.129 e. The van der Waals surface area contributed by atoms with Crippen LogP contribution in [0, 0.1) is 0 Å². The van der Waals surface area contributed by atoms with E-state index in [-0.39, 0.29) is 5.60 Å². The normalized spacial score (nSPS) is 12.0. The molecule has 0 saturated heterocycles. The van der Waals surface area contributed by atoms with Crippen molar-refractivity contribution in [3.05, 3.63) is 23.7 Å². The molecule has 0 atom stereocenters. The molecule has 1 aromatic heterocycles. The summed E-state index contributed by atoms with van der Waals surface area (Å²) < 4.78 is 16.4. The van der Waals surface area contributed by atoms with Crippen molar-refractivity contribution in [1.29, 1.82) is 0 Å². The zero-order valence-electron chi connectivity index (χ0n) is 11.2. The number of nitrogens with one attached hydrogen (secondary N) is 1. The monoisotopic (exact) mass is 241 g/mol. The molecule has 0 aromatic carbocycles. The average molecular weight is 241 g/mol. The highest BCUT2D eigenvalue weighted by Gasteiger charge is 2.15. The number of furan rings is 1. The molecule has 0 aliphatic carbocycles. The van der Waals surface area contributed by atoms with Crippen molar-refractivity contribution < 1.29 is 13.9 Å². The molecule has 1 heterocycles. The molecule has 0 amide bonds. The van der Waals surface area contributed by atoms with E-state index >= 15 is 0 Å². The summed E-state index contributed by atoms with van der Waals surface area (Å²) in [6.45, 7) is 6.03. The van der Waals surface area contributed by atoms with Crippen LogP contribution in [0.1, 0.15) is 31.8 Å². The van der Waals surface area contributed by atoms with Crippen LogP contribution in [-0.4, -0.2) is 26.4 Å². The first-order valence-corrected chi connectivity index (χ1v) is 5.92. The van der Waals surface area contributed by atoms with Crippen LogP contribution in [-0.2, 0) is 22.6 Å². The van der Waals surface area contributed by atoms with Gasteiger partial charge < -0.3 is 19.2 Å². The van der Waals surface area contributed by atoms with E-state index in [1.54, 1.807) is 7.11 Å². The zero-order valence-corrected chi connectivity index (χ0v) is 11.2. The fourth-order valence-corrected chi connectivity index (χ4v) is 1.36. The maximum atomic E-state index is 5.56. The Bertz CT molecular complexity index is 320. The van der Waals surface area contributed by atoms with Crippen molar-refractivity contribution in [2.24, 2.45) is 0 Å². The van der Waals surface area contributed by atoms with Gasteiger partial charge in [-0.3, -0.25) is 0 Å². The lowest BCUT2D eigenvalue weighted by molar-refractivity contribution is -0.0144. The van der Waals surface area contributed by atoms with E-state index in [4.69, 9.17) is 13.9 Å². The molecule has 1 rings (SSSR count). The Morgan fingerprint density at radius 1 is 1.29 bits per heavy atom. The molecule has 0 aliphatic heterocycles. The minimum absolute atomic E-state index is 0.125. The summed E-state index contributed by atoms with van der Waals surface area (Å²) in [5.41, 5.74) is -0.125. The lowest BCUT2D eigenvalue weighted by atomic mass is 10.1. The Hall–Kier alpha value is -0.840. The Balaban J connectivity index is 2.22. The van der Waals surface area contributed by atoms with Crippen molar-refractivity contribution in [1.82, 2.24) is 5.32 Å². The minimum atomic E-state index is -0.125. The molecule has 1 aromatic rings. The highest BCUT2D eigenvalue weighted by atomic mass is 16.5. The summed E-state index contributed by atoms with van der Waals surface area (Å²) in [6, 6.07) is 3.92. The molecular weight excluding hydrogens is 218 g/mol. The topological polar surface area (TPSA) is 43.6 Å². The van der Waals surface area contributed by atoms with E-state index in [0.717, 1.165) is 24.5 Å². The van der Waals surface area contributed by atoms with Gasteiger partial charge in [-0.15, -0.1) is 0 Å². The summed E-state index contributed by atoms with van der Waals surface area (Å²) in [5, 5.41) is 3.04. The molecule has 17 heavy (non-hydrogen) atoms. The van der Waals surface area contributed by atoms with Crippen molar-refractivity contribution in [2.45, 2.75) is 39.0 Å². The van der Waals surface area contributed by atoms with Crippen LogP contribution < -0.4 is 5.32 Å². The van der Waals surface area contributed by atoms with Gasteiger partial charge in [0.25, 0.3) is 0 Å². The first-order chi connectivity index (χ1) is 8.07. The first-order valence-electron chi connectivity index (χ1n) is 5.92. The van der Waals surface area contributed by atoms with Gasteiger partial charge in [-0.25, -0.2) is 0 Å². The summed E-state index contributed by atoms with van der Waals surface area (Å²) >= 11 is 0. The van der Waals surface area contributed by atoms with Gasteiger partial charge in [0, 0.05) is 13.7 Å². The molecule has 0 spiro atoms. The van der Waals surface area contributed by atoms with Crippen molar-refractivity contribution in [3.8, 4) is 0 Å². The van der Waals surface area contributed by atoms with Gasteiger partial charge in [0.1, 0.15) is 18.1 Å². The second kappa shape index (κ2) is 6.79. The third kappa shape index (κ3) is 5.35. The van der Waals surface area contributed by atoms with Crippen molar-refractivity contribution >= 4 is 0 Å². The van der Waals surface area contributed by atoms with E-state index in [0.29, 0.717) is 13.2 Å². The molecule has 0 unspecified atom stereocenters. The highest BCUT2D eigenvalue weighted by Crippen LogP contribution is 2.14. The van der Waals surface area contributed by atoms with E-state index in [2.05, 4.69) is 5.32 Å². The van der Waals surface area contributed by atoms with E-state index in [9.17, 15) is 0 Å². The maximum Gasteiger partial charge on any atom is 0.129 e. The fraction of sp³-hybridized carbons (Fsp3) is 0.692. The Morgan fingerprint density at radius 3 is 2.65 bits per heavy atom. The van der Waals surface area contributed by atoms with Crippen LogP contribution in [0.3, 0.4) is 0 Å². The van der Waals surface area contributed by atoms with Gasteiger partial charge >= 0.3 is 0 Å². The van der Waals surface area contributed by atoms with E-state index in [1.165, 1.54) is 0 Å². The molecule has 0 bridgehead atoms. The largest absolute Gasteiger partial charge is 0.462 e. The van der Waals surface area contributed by atoms with Gasteiger partial charge in [0.15, 0.2) is 0 Å². The summed E-state index contributed by atoms with van der Waals surface area (Å²) in [5.74, 6) is 1.80.